The molecule has 4 rings (SSSR count). The monoisotopic (exact) mass is 447 g/mol. The van der Waals surface area contributed by atoms with Crippen molar-refractivity contribution in [2.75, 3.05) is 14.2 Å². The quantitative estimate of drug-likeness (QED) is 0.179. The van der Waals surface area contributed by atoms with Gasteiger partial charge in [-0.05, 0) is 48.0 Å². The van der Waals surface area contributed by atoms with Crippen LogP contribution in [0, 0.1) is 10.1 Å². The Morgan fingerprint density at radius 2 is 1.73 bits per heavy atom. The third-order valence-corrected chi connectivity index (χ3v) is 4.88. The highest BCUT2D eigenvalue weighted by Crippen LogP contribution is 2.36. The number of methoxy groups -OCH3 is 2. The number of hydrogen-bond acceptors (Lipinski definition) is 8. The number of fused-ring (bicyclic) bond motifs is 1. The fourth-order valence-corrected chi connectivity index (χ4v) is 3.18. The van der Waals surface area contributed by atoms with E-state index in [0.29, 0.717) is 22.6 Å². The molecule has 1 heterocycles. The number of nitro benzene ring substituents is 1. The van der Waals surface area contributed by atoms with Crippen molar-refractivity contribution in [3.8, 4) is 23.0 Å². The third-order valence-electron chi connectivity index (χ3n) is 4.88. The Balaban J connectivity index is 1.54. The number of carbonyl (C=O) groups excluding carboxylic acids is 2. The summed E-state index contributed by atoms with van der Waals surface area (Å²) in [6.45, 7) is 0. The van der Waals surface area contributed by atoms with Gasteiger partial charge in [-0.25, -0.2) is 4.79 Å². The van der Waals surface area contributed by atoms with E-state index in [4.69, 9.17) is 18.9 Å². The molecule has 0 spiro atoms. The van der Waals surface area contributed by atoms with Crippen molar-refractivity contribution >= 4 is 23.5 Å². The van der Waals surface area contributed by atoms with Gasteiger partial charge in [-0.1, -0.05) is 6.07 Å². The van der Waals surface area contributed by atoms with Crippen molar-refractivity contribution in [2.24, 2.45) is 0 Å². The Kier molecular flexibility index (Phi) is 5.77. The molecule has 0 radical (unpaired) electrons. The first-order valence-corrected chi connectivity index (χ1v) is 9.66. The fraction of sp³-hybridized carbons (Fsp3) is 0.0833. The van der Waals surface area contributed by atoms with Crippen molar-refractivity contribution in [3.05, 3.63) is 93.2 Å². The molecule has 0 aromatic heterocycles. The molecule has 0 aliphatic carbocycles. The van der Waals surface area contributed by atoms with Crippen LogP contribution >= 0.6 is 0 Å². The first-order chi connectivity index (χ1) is 15.9. The van der Waals surface area contributed by atoms with Gasteiger partial charge in [0, 0.05) is 18.2 Å². The number of allylic oxidation sites excluding steroid dienone is 1. The maximum absolute atomic E-state index is 12.6. The summed E-state index contributed by atoms with van der Waals surface area (Å²) in [4.78, 5) is 35.2. The highest BCUT2D eigenvalue weighted by molar-refractivity contribution is 6.14. The Bertz CT molecular complexity index is 1290. The van der Waals surface area contributed by atoms with Gasteiger partial charge in [-0.3, -0.25) is 14.9 Å². The summed E-state index contributed by atoms with van der Waals surface area (Å²) in [6, 6.07) is 14.7. The van der Waals surface area contributed by atoms with Gasteiger partial charge >= 0.3 is 5.97 Å². The van der Waals surface area contributed by atoms with Crippen molar-refractivity contribution < 1.29 is 33.5 Å². The van der Waals surface area contributed by atoms with Crippen molar-refractivity contribution in [1.82, 2.24) is 0 Å². The lowest BCUT2D eigenvalue weighted by molar-refractivity contribution is -0.384. The number of benzene rings is 3. The SMILES string of the molecule is COc1ccc2c(c1)O/C(=C\c1ccc(OC(=O)c3ccc([N+](=O)[O-])cc3)c(OC)c1)C2=O. The third kappa shape index (κ3) is 4.38. The highest BCUT2D eigenvalue weighted by Gasteiger charge is 2.27. The van der Waals surface area contributed by atoms with Crippen LogP contribution in [0.1, 0.15) is 26.3 Å². The van der Waals surface area contributed by atoms with E-state index >= 15 is 0 Å². The molecular weight excluding hydrogens is 430 g/mol. The Morgan fingerprint density at radius 1 is 0.970 bits per heavy atom. The normalized spacial score (nSPS) is 13.3. The maximum atomic E-state index is 12.6. The molecule has 1 aliphatic heterocycles. The van der Waals surface area contributed by atoms with E-state index in [1.165, 1.54) is 44.6 Å². The number of non-ortho nitro benzene ring substituents is 1. The van der Waals surface area contributed by atoms with Crippen LogP contribution in [0.25, 0.3) is 6.08 Å². The van der Waals surface area contributed by atoms with Crippen molar-refractivity contribution in [3.63, 3.8) is 0 Å². The van der Waals surface area contributed by atoms with Crippen molar-refractivity contribution in [2.45, 2.75) is 0 Å². The molecule has 3 aromatic rings. The molecule has 0 unspecified atom stereocenters. The maximum Gasteiger partial charge on any atom is 0.343 e. The first-order valence-electron chi connectivity index (χ1n) is 9.66. The lowest BCUT2D eigenvalue weighted by Crippen LogP contribution is -2.09. The topological polar surface area (TPSA) is 114 Å². The smallest absolute Gasteiger partial charge is 0.343 e. The van der Waals surface area contributed by atoms with E-state index in [0.717, 1.165) is 0 Å². The summed E-state index contributed by atoms with van der Waals surface area (Å²) in [7, 11) is 2.94. The molecule has 0 amide bonds. The van der Waals surface area contributed by atoms with Crippen LogP contribution in [-0.4, -0.2) is 30.9 Å². The zero-order valence-electron chi connectivity index (χ0n) is 17.6. The van der Waals surface area contributed by atoms with E-state index in [2.05, 4.69) is 0 Å². The molecule has 33 heavy (non-hydrogen) atoms. The molecule has 0 atom stereocenters. The predicted molar refractivity (Wildman–Crippen MR) is 117 cm³/mol. The zero-order chi connectivity index (χ0) is 23.5. The second kappa shape index (κ2) is 8.83. The average Bonchev–Trinajstić information content (AvgIpc) is 3.14. The molecule has 0 saturated heterocycles. The summed E-state index contributed by atoms with van der Waals surface area (Å²) >= 11 is 0. The molecule has 3 aromatic carbocycles. The number of hydrogen-bond donors (Lipinski definition) is 0. The van der Waals surface area contributed by atoms with E-state index in [-0.39, 0.29) is 34.3 Å². The van der Waals surface area contributed by atoms with Gasteiger partial charge in [0.15, 0.2) is 17.3 Å². The van der Waals surface area contributed by atoms with Crippen LogP contribution in [-0.2, 0) is 0 Å². The number of Topliss-reactive ketones (excluding diaryl/α,β-unsaturated/α-hetero) is 1. The van der Waals surface area contributed by atoms with E-state index in [1.807, 2.05) is 0 Å². The molecule has 0 saturated carbocycles. The Morgan fingerprint density at radius 3 is 2.39 bits per heavy atom. The van der Waals surface area contributed by atoms with Crippen LogP contribution < -0.4 is 18.9 Å². The summed E-state index contributed by atoms with van der Waals surface area (Å²) in [5, 5.41) is 10.8. The zero-order valence-corrected chi connectivity index (χ0v) is 17.6. The van der Waals surface area contributed by atoms with Gasteiger partial charge < -0.3 is 18.9 Å². The van der Waals surface area contributed by atoms with Gasteiger partial charge in [0.1, 0.15) is 11.5 Å². The van der Waals surface area contributed by atoms with Crippen LogP contribution in [0.4, 0.5) is 5.69 Å². The van der Waals surface area contributed by atoms with Gasteiger partial charge in [-0.15, -0.1) is 0 Å². The number of nitro groups is 1. The van der Waals surface area contributed by atoms with E-state index < -0.39 is 10.9 Å². The number of ether oxygens (including phenoxy) is 4. The lowest BCUT2D eigenvalue weighted by atomic mass is 10.1. The molecule has 1 aliphatic rings. The molecule has 9 nitrogen and oxygen atoms in total. The number of carbonyl (C=O) groups is 2. The fourth-order valence-electron chi connectivity index (χ4n) is 3.18. The molecule has 0 bridgehead atoms. The van der Waals surface area contributed by atoms with Gasteiger partial charge in [-0.2, -0.15) is 0 Å². The largest absolute Gasteiger partial charge is 0.497 e. The van der Waals surface area contributed by atoms with Crippen LogP contribution in [0.2, 0.25) is 0 Å². The minimum Gasteiger partial charge on any atom is -0.497 e. The van der Waals surface area contributed by atoms with Gasteiger partial charge in [0.2, 0.25) is 5.78 Å². The molecule has 0 fully saturated rings. The molecule has 9 heteroatoms. The summed E-state index contributed by atoms with van der Waals surface area (Å²) < 4.78 is 21.5. The van der Waals surface area contributed by atoms with Crippen molar-refractivity contribution in [1.29, 1.82) is 0 Å². The first kappa shape index (κ1) is 21.6. The average molecular weight is 447 g/mol. The Labute approximate surface area is 187 Å². The second-order valence-corrected chi connectivity index (χ2v) is 6.91. The van der Waals surface area contributed by atoms with Gasteiger partial charge in [0.05, 0.1) is 30.3 Å². The summed E-state index contributed by atoms with van der Waals surface area (Å²) in [5.41, 5.74) is 1.03. The minimum absolute atomic E-state index is 0.134. The summed E-state index contributed by atoms with van der Waals surface area (Å²) in [6.07, 6.45) is 1.55. The van der Waals surface area contributed by atoms with Gasteiger partial charge in [0.25, 0.3) is 5.69 Å². The number of nitrogens with zero attached hydrogens (tertiary/aromatic N) is 1. The molecule has 166 valence electrons. The standard InChI is InChI=1S/C24H17NO8/c1-30-17-8-9-18-20(13-17)32-22(23(18)26)12-14-3-10-19(21(11-14)31-2)33-24(27)15-4-6-16(7-5-15)25(28)29/h3-13H,1-2H3/b22-12-. The van der Waals surface area contributed by atoms with E-state index in [9.17, 15) is 19.7 Å². The molecular formula is C24H17NO8. The number of ketones is 1. The second-order valence-electron chi connectivity index (χ2n) is 6.91. The summed E-state index contributed by atoms with van der Waals surface area (Å²) in [5.74, 6) is 0.554. The Hall–Kier alpha value is -4.66. The lowest BCUT2D eigenvalue weighted by Gasteiger charge is -2.10. The molecule has 0 N–H and O–H groups in total. The van der Waals surface area contributed by atoms with Crippen LogP contribution in [0.3, 0.4) is 0 Å². The van der Waals surface area contributed by atoms with Crippen LogP contribution in [0.5, 0.6) is 23.0 Å². The minimum atomic E-state index is -0.701. The highest BCUT2D eigenvalue weighted by atomic mass is 16.6. The number of rotatable bonds is 6. The van der Waals surface area contributed by atoms with E-state index in [1.54, 1.807) is 36.4 Å². The predicted octanol–water partition coefficient (Wildman–Crippen LogP) is 4.45. The number of esters is 1. The van der Waals surface area contributed by atoms with Crippen LogP contribution in [0.15, 0.2) is 66.4 Å².